The molecular weight excluding hydrogens is 364 g/mol. The summed E-state index contributed by atoms with van der Waals surface area (Å²) in [6.45, 7) is 3.98. The summed E-state index contributed by atoms with van der Waals surface area (Å²) in [5, 5.41) is 2.91. The molecule has 146 valence electrons. The molecule has 0 fully saturated rings. The van der Waals surface area contributed by atoms with E-state index in [1.54, 1.807) is 0 Å². The van der Waals surface area contributed by atoms with Gasteiger partial charge in [-0.25, -0.2) is 4.98 Å². The summed E-state index contributed by atoms with van der Waals surface area (Å²) in [4.78, 5) is 16.9. The predicted octanol–water partition coefficient (Wildman–Crippen LogP) is 5.38. The van der Waals surface area contributed by atoms with Gasteiger partial charge in [0.25, 0.3) is 5.91 Å². The minimum atomic E-state index is -0.220. The number of anilines is 1. The molecule has 0 aliphatic heterocycles. The maximum atomic E-state index is 12.4. The van der Waals surface area contributed by atoms with Crippen LogP contribution in [-0.4, -0.2) is 17.5 Å². The number of hydrogen-bond acceptors (Lipinski definition) is 4. The Hall–Kier alpha value is -3.60. The van der Waals surface area contributed by atoms with E-state index in [9.17, 15) is 4.79 Å². The van der Waals surface area contributed by atoms with Gasteiger partial charge in [0.1, 0.15) is 11.3 Å². The van der Waals surface area contributed by atoms with Crippen molar-refractivity contribution in [2.45, 2.75) is 20.3 Å². The van der Waals surface area contributed by atoms with Crippen molar-refractivity contribution in [3.05, 3.63) is 77.9 Å². The van der Waals surface area contributed by atoms with Gasteiger partial charge in [-0.2, -0.15) is 0 Å². The van der Waals surface area contributed by atoms with Gasteiger partial charge in [-0.3, -0.25) is 4.79 Å². The molecule has 3 aromatic carbocycles. The number of amides is 1. The highest BCUT2D eigenvalue weighted by Crippen LogP contribution is 2.30. The zero-order valence-corrected chi connectivity index (χ0v) is 16.4. The third kappa shape index (κ3) is 4.14. The van der Waals surface area contributed by atoms with Gasteiger partial charge in [0.05, 0.1) is 0 Å². The first-order valence-corrected chi connectivity index (χ1v) is 9.61. The standard InChI is InChI=1S/C24H22N2O3/c1-3-17-11-13-18(14-12-17)28-15-23(27)25-20-9-6-7-19(16(20)2)24-26-21-8-4-5-10-22(21)29-24/h4-14H,3,15H2,1-2H3,(H,25,27). The van der Waals surface area contributed by atoms with Crippen LogP contribution in [0.5, 0.6) is 5.75 Å². The maximum Gasteiger partial charge on any atom is 0.262 e. The fraction of sp³-hybridized carbons (Fsp3) is 0.167. The minimum absolute atomic E-state index is 0.0575. The first kappa shape index (κ1) is 18.7. The van der Waals surface area contributed by atoms with Crippen LogP contribution in [0.2, 0.25) is 0 Å². The van der Waals surface area contributed by atoms with Crippen molar-refractivity contribution >= 4 is 22.7 Å². The lowest BCUT2D eigenvalue weighted by atomic mass is 10.1. The Labute approximate surface area is 169 Å². The molecule has 1 aromatic heterocycles. The Kier molecular flexibility index (Phi) is 5.29. The average molecular weight is 386 g/mol. The SMILES string of the molecule is CCc1ccc(OCC(=O)Nc2cccc(-c3nc4ccccc4o3)c2C)cc1. The second-order valence-corrected chi connectivity index (χ2v) is 6.80. The van der Waals surface area contributed by atoms with Crippen LogP contribution in [0.1, 0.15) is 18.1 Å². The van der Waals surface area contributed by atoms with E-state index in [1.807, 2.05) is 73.7 Å². The van der Waals surface area contributed by atoms with E-state index >= 15 is 0 Å². The number of para-hydroxylation sites is 2. The monoisotopic (exact) mass is 386 g/mol. The van der Waals surface area contributed by atoms with E-state index in [2.05, 4.69) is 17.2 Å². The van der Waals surface area contributed by atoms with Crippen LogP contribution in [0, 0.1) is 6.92 Å². The zero-order chi connectivity index (χ0) is 20.2. The third-order valence-corrected chi connectivity index (χ3v) is 4.83. The second-order valence-electron chi connectivity index (χ2n) is 6.80. The molecule has 1 N–H and O–H groups in total. The van der Waals surface area contributed by atoms with E-state index in [4.69, 9.17) is 9.15 Å². The van der Waals surface area contributed by atoms with Crippen LogP contribution >= 0.6 is 0 Å². The Morgan fingerprint density at radius 1 is 1.03 bits per heavy atom. The number of ether oxygens (including phenoxy) is 1. The molecule has 0 aliphatic rings. The van der Waals surface area contributed by atoms with Gasteiger partial charge >= 0.3 is 0 Å². The highest BCUT2D eigenvalue weighted by atomic mass is 16.5. The number of aryl methyl sites for hydroxylation is 1. The normalized spacial score (nSPS) is 10.8. The fourth-order valence-corrected chi connectivity index (χ4v) is 3.15. The summed E-state index contributed by atoms with van der Waals surface area (Å²) in [5.41, 5.74) is 5.21. The smallest absolute Gasteiger partial charge is 0.262 e. The Bertz CT molecular complexity index is 1110. The molecular formula is C24H22N2O3. The number of fused-ring (bicyclic) bond motifs is 1. The topological polar surface area (TPSA) is 64.4 Å². The minimum Gasteiger partial charge on any atom is -0.484 e. The average Bonchev–Trinajstić information content (AvgIpc) is 3.18. The molecule has 4 aromatic rings. The Balaban J connectivity index is 1.47. The van der Waals surface area contributed by atoms with E-state index in [0.717, 1.165) is 28.6 Å². The third-order valence-electron chi connectivity index (χ3n) is 4.83. The lowest BCUT2D eigenvalue weighted by Crippen LogP contribution is -2.20. The van der Waals surface area contributed by atoms with Crippen molar-refractivity contribution in [3.63, 3.8) is 0 Å². The number of oxazole rings is 1. The number of carbonyl (C=O) groups is 1. The number of aromatic nitrogens is 1. The largest absolute Gasteiger partial charge is 0.484 e. The van der Waals surface area contributed by atoms with Crippen molar-refractivity contribution in [2.24, 2.45) is 0 Å². The van der Waals surface area contributed by atoms with Crippen LogP contribution in [0.4, 0.5) is 5.69 Å². The molecule has 29 heavy (non-hydrogen) atoms. The highest BCUT2D eigenvalue weighted by molar-refractivity contribution is 5.93. The number of carbonyl (C=O) groups excluding carboxylic acids is 1. The van der Waals surface area contributed by atoms with Gasteiger partial charge in [-0.15, -0.1) is 0 Å². The van der Waals surface area contributed by atoms with Gasteiger partial charge in [-0.1, -0.05) is 37.3 Å². The zero-order valence-electron chi connectivity index (χ0n) is 16.4. The molecule has 0 unspecified atom stereocenters. The molecule has 0 radical (unpaired) electrons. The van der Waals surface area contributed by atoms with Crippen molar-refractivity contribution < 1.29 is 13.9 Å². The summed E-state index contributed by atoms with van der Waals surface area (Å²) in [6.07, 6.45) is 0.969. The summed E-state index contributed by atoms with van der Waals surface area (Å²) < 4.78 is 11.5. The van der Waals surface area contributed by atoms with Gasteiger partial charge < -0.3 is 14.5 Å². The van der Waals surface area contributed by atoms with E-state index < -0.39 is 0 Å². The molecule has 0 bridgehead atoms. The number of rotatable bonds is 6. The number of nitrogens with zero attached hydrogens (tertiary/aromatic N) is 1. The first-order valence-electron chi connectivity index (χ1n) is 9.61. The molecule has 1 amide bonds. The summed E-state index contributed by atoms with van der Waals surface area (Å²) in [5.74, 6) is 0.990. The molecule has 0 saturated carbocycles. The van der Waals surface area contributed by atoms with Crippen LogP contribution in [0.3, 0.4) is 0 Å². The van der Waals surface area contributed by atoms with Crippen LogP contribution in [0.25, 0.3) is 22.6 Å². The first-order chi connectivity index (χ1) is 14.1. The lowest BCUT2D eigenvalue weighted by molar-refractivity contribution is -0.118. The Morgan fingerprint density at radius 2 is 1.83 bits per heavy atom. The highest BCUT2D eigenvalue weighted by Gasteiger charge is 2.14. The van der Waals surface area contributed by atoms with Gasteiger partial charge in [-0.05, 0) is 60.9 Å². The van der Waals surface area contributed by atoms with Crippen molar-refractivity contribution in [2.75, 3.05) is 11.9 Å². The molecule has 5 nitrogen and oxygen atoms in total. The quantitative estimate of drug-likeness (QED) is 0.483. The van der Waals surface area contributed by atoms with Crippen molar-refractivity contribution in [1.29, 1.82) is 0 Å². The van der Waals surface area contributed by atoms with Gasteiger partial charge in [0.2, 0.25) is 5.89 Å². The molecule has 1 heterocycles. The maximum absolute atomic E-state index is 12.4. The lowest BCUT2D eigenvalue weighted by Gasteiger charge is -2.12. The van der Waals surface area contributed by atoms with Gasteiger partial charge in [0, 0.05) is 11.3 Å². The predicted molar refractivity (Wildman–Crippen MR) is 114 cm³/mol. The summed E-state index contributed by atoms with van der Waals surface area (Å²) in [7, 11) is 0. The fourth-order valence-electron chi connectivity index (χ4n) is 3.15. The molecule has 0 aliphatic carbocycles. The summed E-state index contributed by atoms with van der Waals surface area (Å²) in [6, 6.07) is 21.1. The second kappa shape index (κ2) is 8.19. The molecule has 0 saturated heterocycles. The Morgan fingerprint density at radius 3 is 2.59 bits per heavy atom. The van der Waals surface area contributed by atoms with Crippen molar-refractivity contribution in [1.82, 2.24) is 4.98 Å². The number of nitrogens with one attached hydrogen (secondary N) is 1. The van der Waals surface area contributed by atoms with Crippen LogP contribution in [-0.2, 0) is 11.2 Å². The molecule has 0 spiro atoms. The number of benzene rings is 3. The van der Waals surface area contributed by atoms with Crippen LogP contribution < -0.4 is 10.1 Å². The van der Waals surface area contributed by atoms with Gasteiger partial charge in [0.15, 0.2) is 12.2 Å². The molecule has 4 rings (SSSR count). The summed E-state index contributed by atoms with van der Waals surface area (Å²) >= 11 is 0. The van der Waals surface area contributed by atoms with Crippen LogP contribution in [0.15, 0.2) is 71.1 Å². The van der Waals surface area contributed by atoms with E-state index in [0.29, 0.717) is 17.3 Å². The van der Waals surface area contributed by atoms with E-state index in [1.165, 1.54) is 5.56 Å². The van der Waals surface area contributed by atoms with E-state index in [-0.39, 0.29) is 12.5 Å². The number of hydrogen-bond donors (Lipinski definition) is 1. The molecule has 5 heteroatoms. The molecule has 0 atom stereocenters. The van der Waals surface area contributed by atoms with Crippen molar-refractivity contribution in [3.8, 4) is 17.2 Å².